The summed E-state index contributed by atoms with van der Waals surface area (Å²) < 4.78 is 0. The van der Waals surface area contributed by atoms with Gasteiger partial charge in [0, 0.05) is 13.1 Å². The third-order valence-electron chi connectivity index (χ3n) is 4.02. The highest BCUT2D eigenvalue weighted by Crippen LogP contribution is 2.23. The summed E-state index contributed by atoms with van der Waals surface area (Å²) in [5.74, 6) is 0.693. The quantitative estimate of drug-likeness (QED) is 0.751. The van der Waals surface area contributed by atoms with E-state index in [4.69, 9.17) is 0 Å². The van der Waals surface area contributed by atoms with Gasteiger partial charge in [-0.25, -0.2) is 0 Å². The largest absolute Gasteiger partial charge is 0.354 e. The average Bonchev–Trinajstić information content (AvgIpc) is 2.85. The van der Waals surface area contributed by atoms with Gasteiger partial charge in [0.1, 0.15) is 6.04 Å². The number of carbonyl (C=O) groups is 2. The van der Waals surface area contributed by atoms with Crippen LogP contribution in [0.15, 0.2) is 0 Å². The second kappa shape index (κ2) is 6.03. The molecule has 1 saturated heterocycles. The normalized spacial score (nSPS) is 25.9. The van der Waals surface area contributed by atoms with Crippen LogP contribution in [-0.2, 0) is 9.59 Å². The topological polar surface area (TPSA) is 49.4 Å². The molecule has 1 unspecified atom stereocenters. The summed E-state index contributed by atoms with van der Waals surface area (Å²) in [6.07, 6.45) is 8.97. The van der Waals surface area contributed by atoms with Crippen molar-refractivity contribution in [3.8, 4) is 0 Å². The summed E-state index contributed by atoms with van der Waals surface area (Å²) in [4.78, 5) is 24.3. The summed E-state index contributed by atoms with van der Waals surface area (Å²) in [5.41, 5.74) is 0. The minimum Gasteiger partial charge on any atom is -0.354 e. The minimum absolute atomic E-state index is 0.0418. The van der Waals surface area contributed by atoms with Gasteiger partial charge in [0.25, 0.3) is 0 Å². The molecule has 96 valence electrons. The van der Waals surface area contributed by atoms with E-state index >= 15 is 0 Å². The SMILES string of the molecule is O=CN1CCCC1C(=O)NCC1CCCCC1. The predicted molar refractivity (Wildman–Crippen MR) is 65.4 cm³/mol. The van der Waals surface area contributed by atoms with Crippen LogP contribution in [0.3, 0.4) is 0 Å². The molecule has 4 nitrogen and oxygen atoms in total. The number of rotatable bonds is 4. The fraction of sp³-hybridized carbons (Fsp3) is 0.846. The van der Waals surface area contributed by atoms with Crippen molar-refractivity contribution in [1.82, 2.24) is 10.2 Å². The van der Waals surface area contributed by atoms with Gasteiger partial charge in [0.05, 0.1) is 0 Å². The molecular formula is C13H22N2O2. The molecule has 0 spiro atoms. The van der Waals surface area contributed by atoms with Crippen molar-refractivity contribution >= 4 is 12.3 Å². The molecule has 0 bridgehead atoms. The Balaban J connectivity index is 1.74. The smallest absolute Gasteiger partial charge is 0.242 e. The van der Waals surface area contributed by atoms with Gasteiger partial charge in [-0.3, -0.25) is 9.59 Å². The Labute approximate surface area is 103 Å². The van der Waals surface area contributed by atoms with Crippen LogP contribution >= 0.6 is 0 Å². The molecule has 1 heterocycles. The van der Waals surface area contributed by atoms with E-state index in [1.54, 1.807) is 4.90 Å². The molecule has 1 aliphatic carbocycles. The van der Waals surface area contributed by atoms with Gasteiger partial charge in [-0.2, -0.15) is 0 Å². The molecule has 0 aromatic rings. The highest BCUT2D eigenvalue weighted by Gasteiger charge is 2.29. The molecule has 2 rings (SSSR count). The van der Waals surface area contributed by atoms with Crippen molar-refractivity contribution < 1.29 is 9.59 Å². The number of amides is 2. The first-order valence-electron chi connectivity index (χ1n) is 6.80. The fourth-order valence-electron chi connectivity index (χ4n) is 2.95. The van der Waals surface area contributed by atoms with Crippen LogP contribution in [0.5, 0.6) is 0 Å². The van der Waals surface area contributed by atoms with Crippen LogP contribution in [-0.4, -0.2) is 36.3 Å². The van der Waals surface area contributed by atoms with Crippen LogP contribution in [0.25, 0.3) is 0 Å². The first-order valence-corrected chi connectivity index (χ1v) is 6.80. The van der Waals surface area contributed by atoms with Gasteiger partial charge in [0.15, 0.2) is 0 Å². The highest BCUT2D eigenvalue weighted by molar-refractivity contribution is 5.84. The zero-order valence-electron chi connectivity index (χ0n) is 10.4. The summed E-state index contributed by atoms with van der Waals surface area (Å²) in [5, 5.41) is 3.02. The maximum absolute atomic E-state index is 11.9. The molecule has 2 aliphatic rings. The molecule has 1 saturated carbocycles. The van der Waals surface area contributed by atoms with Crippen LogP contribution in [0.2, 0.25) is 0 Å². The van der Waals surface area contributed by atoms with E-state index in [0.717, 1.165) is 32.3 Å². The van der Waals surface area contributed by atoms with Crippen molar-refractivity contribution in [1.29, 1.82) is 0 Å². The second-order valence-corrected chi connectivity index (χ2v) is 5.25. The van der Waals surface area contributed by atoms with Crippen LogP contribution in [0.4, 0.5) is 0 Å². The monoisotopic (exact) mass is 238 g/mol. The van der Waals surface area contributed by atoms with Crippen LogP contribution in [0, 0.1) is 5.92 Å². The van der Waals surface area contributed by atoms with E-state index in [0.29, 0.717) is 5.92 Å². The van der Waals surface area contributed by atoms with E-state index in [9.17, 15) is 9.59 Å². The molecule has 17 heavy (non-hydrogen) atoms. The molecule has 0 aromatic carbocycles. The van der Waals surface area contributed by atoms with Crippen molar-refractivity contribution in [3.05, 3.63) is 0 Å². The molecule has 1 N–H and O–H groups in total. The fourth-order valence-corrected chi connectivity index (χ4v) is 2.95. The molecule has 1 aliphatic heterocycles. The van der Waals surface area contributed by atoms with E-state index in [1.807, 2.05) is 0 Å². The average molecular weight is 238 g/mol. The number of nitrogens with one attached hydrogen (secondary N) is 1. The summed E-state index contributed by atoms with van der Waals surface area (Å²) in [6, 6.07) is -0.212. The first kappa shape index (κ1) is 12.4. The van der Waals surface area contributed by atoms with Crippen LogP contribution in [0.1, 0.15) is 44.9 Å². The Morgan fingerprint density at radius 2 is 1.94 bits per heavy atom. The van der Waals surface area contributed by atoms with Gasteiger partial charge < -0.3 is 10.2 Å². The Morgan fingerprint density at radius 1 is 1.18 bits per heavy atom. The van der Waals surface area contributed by atoms with Gasteiger partial charge in [-0.05, 0) is 31.6 Å². The molecule has 1 atom stereocenters. The molecule has 0 radical (unpaired) electrons. The molecule has 4 heteroatoms. The zero-order valence-corrected chi connectivity index (χ0v) is 10.4. The van der Waals surface area contributed by atoms with Gasteiger partial charge in [0.2, 0.25) is 12.3 Å². The van der Waals surface area contributed by atoms with E-state index in [-0.39, 0.29) is 11.9 Å². The first-order chi connectivity index (χ1) is 8.31. The minimum atomic E-state index is -0.212. The van der Waals surface area contributed by atoms with Crippen molar-refractivity contribution in [2.24, 2.45) is 5.92 Å². The molecule has 0 aromatic heterocycles. The maximum atomic E-state index is 11.9. The number of nitrogens with zero attached hydrogens (tertiary/aromatic N) is 1. The number of hydrogen-bond acceptors (Lipinski definition) is 2. The Morgan fingerprint density at radius 3 is 2.65 bits per heavy atom. The number of carbonyl (C=O) groups excluding carboxylic acids is 2. The van der Waals surface area contributed by atoms with Gasteiger partial charge >= 0.3 is 0 Å². The molecular weight excluding hydrogens is 216 g/mol. The molecule has 2 fully saturated rings. The third-order valence-corrected chi connectivity index (χ3v) is 4.02. The van der Waals surface area contributed by atoms with E-state index in [1.165, 1.54) is 32.1 Å². The lowest BCUT2D eigenvalue weighted by Gasteiger charge is -2.24. The zero-order chi connectivity index (χ0) is 12.1. The number of hydrogen-bond donors (Lipinski definition) is 1. The van der Waals surface area contributed by atoms with Gasteiger partial charge in [-0.15, -0.1) is 0 Å². The maximum Gasteiger partial charge on any atom is 0.242 e. The standard InChI is InChI=1S/C13H22N2O2/c16-10-15-8-4-7-12(15)13(17)14-9-11-5-2-1-3-6-11/h10-12H,1-9H2,(H,14,17). The summed E-state index contributed by atoms with van der Waals surface area (Å²) in [6.45, 7) is 1.52. The van der Waals surface area contributed by atoms with Crippen molar-refractivity contribution in [2.75, 3.05) is 13.1 Å². The molecule has 2 amide bonds. The van der Waals surface area contributed by atoms with Crippen LogP contribution < -0.4 is 5.32 Å². The Hall–Kier alpha value is -1.06. The number of likely N-dealkylation sites (tertiary alicyclic amines) is 1. The van der Waals surface area contributed by atoms with E-state index in [2.05, 4.69) is 5.32 Å². The van der Waals surface area contributed by atoms with E-state index < -0.39 is 0 Å². The highest BCUT2D eigenvalue weighted by atomic mass is 16.2. The van der Waals surface area contributed by atoms with Crippen molar-refractivity contribution in [3.63, 3.8) is 0 Å². The summed E-state index contributed by atoms with van der Waals surface area (Å²) >= 11 is 0. The van der Waals surface area contributed by atoms with Gasteiger partial charge in [-0.1, -0.05) is 19.3 Å². The Bertz CT molecular complexity index is 275. The summed E-state index contributed by atoms with van der Waals surface area (Å²) in [7, 11) is 0. The predicted octanol–water partition coefficient (Wildman–Crippen LogP) is 1.30. The lowest BCUT2D eigenvalue weighted by atomic mass is 9.89. The van der Waals surface area contributed by atoms with Crippen molar-refractivity contribution in [2.45, 2.75) is 51.0 Å². The second-order valence-electron chi connectivity index (χ2n) is 5.25. The lowest BCUT2D eigenvalue weighted by molar-refractivity contribution is -0.131. The third kappa shape index (κ3) is 3.20. The lowest BCUT2D eigenvalue weighted by Crippen LogP contribution is -2.44. The Kier molecular flexibility index (Phi) is 4.40.